The Balaban J connectivity index is 2.24. The monoisotopic (exact) mass is 238 g/mol. The predicted octanol–water partition coefficient (Wildman–Crippen LogP) is 3.86. The number of alkyl halides is 1. The summed E-state index contributed by atoms with van der Waals surface area (Å²) in [7, 11) is 0. The molecular weight excluding hydrogens is 220 g/mol. The van der Waals surface area contributed by atoms with Crippen molar-refractivity contribution >= 4 is 17.2 Å². The molecule has 3 heteroatoms. The van der Waals surface area contributed by atoms with Gasteiger partial charge in [-0.1, -0.05) is 19.4 Å². The van der Waals surface area contributed by atoms with Crippen LogP contribution in [0, 0.1) is 0 Å². The van der Waals surface area contributed by atoms with Crippen molar-refractivity contribution in [1.29, 1.82) is 0 Å². The quantitative estimate of drug-likeness (QED) is 0.732. The van der Waals surface area contributed by atoms with Crippen LogP contribution in [0.25, 0.3) is 5.57 Å². The van der Waals surface area contributed by atoms with Gasteiger partial charge >= 0.3 is 0 Å². The van der Waals surface area contributed by atoms with Gasteiger partial charge < -0.3 is 4.57 Å². The van der Waals surface area contributed by atoms with E-state index in [1.54, 1.807) is 0 Å². The highest BCUT2D eigenvalue weighted by molar-refractivity contribution is 6.22. The third-order valence-corrected chi connectivity index (χ3v) is 3.37. The fraction of sp³-hybridized carbons (Fsp3) is 0.615. The Morgan fingerprint density at radius 2 is 2.38 bits per heavy atom. The van der Waals surface area contributed by atoms with Crippen molar-refractivity contribution in [2.24, 2.45) is 0 Å². The summed E-state index contributed by atoms with van der Waals surface area (Å²) in [4.78, 5) is 4.47. The third-order valence-electron chi connectivity index (χ3n) is 3.03. The highest BCUT2D eigenvalue weighted by Gasteiger charge is 2.14. The van der Waals surface area contributed by atoms with Gasteiger partial charge in [-0.05, 0) is 31.3 Å². The van der Waals surface area contributed by atoms with Gasteiger partial charge in [0.05, 0.1) is 5.38 Å². The van der Waals surface area contributed by atoms with E-state index in [-0.39, 0.29) is 5.38 Å². The Hall–Kier alpha value is -0.760. The number of halogens is 1. The van der Waals surface area contributed by atoms with Gasteiger partial charge in [-0.3, -0.25) is 0 Å². The molecule has 1 atom stereocenters. The largest absolute Gasteiger partial charge is 0.331 e. The van der Waals surface area contributed by atoms with Gasteiger partial charge in [-0.25, -0.2) is 4.98 Å². The van der Waals surface area contributed by atoms with Crippen molar-refractivity contribution in [3.63, 3.8) is 0 Å². The summed E-state index contributed by atoms with van der Waals surface area (Å²) in [6, 6.07) is 0. The molecule has 1 heterocycles. The molecule has 0 radical (unpaired) electrons. The molecule has 0 bridgehead atoms. The zero-order chi connectivity index (χ0) is 11.4. The molecule has 0 N–H and O–H groups in total. The average Bonchev–Trinajstić information content (AvgIpc) is 2.61. The van der Waals surface area contributed by atoms with E-state index in [1.807, 2.05) is 6.20 Å². The third kappa shape index (κ3) is 2.67. The summed E-state index contributed by atoms with van der Waals surface area (Å²) >= 11 is 6.25. The summed E-state index contributed by atoms with van der Waals surface area (Å²) in [6.07, 6.45) is 12.0. The van der Waals surface area contributed by atoms with E-state index < -0.39 is 0 Å². The van der Waals surface area contributed by atoms with Gasteiger partial charge in [0.15, 0.2) is 0 Å². The second-order valence-corrected chi connectivity index (χ2v) is 4.96. The molecule has 1 aromatic rings. The smallest absolute Gasteiger partial charge is 0.135 e. The normalized spacial score (nSPS) is 21.6. The molecule has 1 aliphatic carbocycles. The zero-order valence-electron chi connectivity index (χ0n) is 9.82. The molecule has 0 aliphatic heterocycles. The number of aryl methyl sites for hydroxylation is 1. The van der Waals surface area contributed by atoms with Crippen LogP contribution in [0.2, 0.25) is 0 Å². The summed E-state index contributed by atoms with van der Waals surface area (Å²) in [5, 5.41) is 0.185. The first-order valence-corrected chi connectivity index (χ1v) is 6.61. The minimum absolute atomic E-state index is 0.185. The van der Waals surface area contributed by atoms with E-state index in [0.29, 0.717) is 0 Å². The van der Waals surface area contributed by atoms with E-state index in [1.165, 1.54) is 18.4 Å². The van der Waals surface area contributed by atoms with Gasteiger partial charge in [-0.15, -0.1) is 11.6 Å². The lowest BCUT2D eigenvalue weighted by Crippen LogP contribution is -2.02. The molecule has 0 amide bonds. The van der Waals surface area contributed by atoms with Crippen LogP contribution in [0.1, 0.15) is 44.9 Å². The lowest BCUT2D eigenvalue weighted by molar-refractivity contribution is 0.664. The standard InChI is InChI=1S/C13H19ClN2/c1-2-8-16-9-7-15-13(16)11-5-3-4-6-12(14)10-11/h7,9-10,12H,2-6,8H2,1H3. The lowest BCUT2D eigenvalue weighted by atomic mass is 10.1. The van der Waals surface area contributed by atoms with Gasteiger partial charge in [0.1, 0.15) is 5.82 Å². The van der Waals surface area contributed by atoms with Crippen molar-refractivity contribution < 1.29 is 0 Å². The Morgan fingerprint density at radius 1 is 1.50 bits per heavy atom. The van der Waals surface area contributed by atoms with Gasteiger partial charge in [0, 0.05) is 18.9 Å². The van der Waals surface area contributed by atoms with E-state index in [2.05, 4.69) is 28.7 Å². The first-order chi connectivity index (χ1) is 7.81. The van der Waals surface area contributed by atoms with Crippen LogP contribution in [0.15, 0.2) is 18.5 Å². The number of hydrogen-bond donors (Lipinski definition) is 0. The molecular formula is C13H19ClN2. The highest BCUT2D eigenvalue weighted by Crippen LogP contribution is 2.27. The number of allylic oxidation sites excluding steroid dienone is 2. The SMILES string of the molecule is CCCn1ccnc1C1=CC(Cl)CCCC1. The molecule has 0 saturated carbocycles. The summed E-state index contributed by atoms with van der Waals surface area (Å²) in [5.74, 6) is 1.12. The fourth-order valence-corrected chi connectivity index (χ4v) is 2.55. The molecule has 2 rings (SSSR count). The van der Waals surface area contributed by atoms with Gasteiger partial charge in [0.2, 0.25) is 0 Å². The fourth-order valence-electron chi connectivity index (χ4n) is 2.24. The van der Waals surface area contributed by atoms with Crippen LogP contribution in [-0.2, 0) is 6.54 Å². The molecule has 88 valence electrons. The van der Waals surface area contributed by atoms with Gasteiger partial charge in [-0.2, -0.15) is 0 Å². The first kappa shape index (κ1) is 11.7. The Morgan fingerprint density at radius 3 is 3.19 bits per heavy atom. The Bertz CT molecular complexity index is 368. The number of nitrogens with zero attached hydrogens (tertiary/aromatic N) is 2. The summed E-state index contributed by atoms with van der Waals surface area (Å²) in [5.41, 5.74) is 1.33. The molecule has 1 aliphatic rings. The van der Waals surface area contributed by atoms with E-state index >= 15 is 0 Å². The summed E-state index contributed by atoms with van der Waals surface area (Å²) < 4.78 is 2.24. The maximum Gasteiger partial charge on any atom is 0.135 e. The van der Waals surface area contributed by atoms with Gasteiger partial charge in [0.25, 0.3) is 0 Å². The first-order valence-electron chi connectivity index (χ1n) is 6.17. The van der Waals surface area contributed by atoms with Crippen LogP contribution in [0.5, 0.6) is 0 Å². The van der Waals surface area contributed by atoms with Crippen molar-refractivity contribution in [3.8, 4) is 0 Å². The van der Waals surface area contributed by atoms with Crippen LogP contribution in [0.4, 0.5) is 0 Å². The van der Waals surface area contributed by atoms with Crippen LogP contribution >= 0.6 is 11.6 Å². The average molecular weight is 239 g/mol. The predicted molar refractivity (Wildman–Crippen MR) is 68.6 cm³/mol. The minimum Gasteiger partial charge on any atom is -0.331 e. The Labute approximate surface area is 102 Å². The molecule has 1 aromatic heterocycles. The molecule has 0 aromatic carbocycles. The molecule has 16 heavy (non-hydrogen) atoms. The minimum atomic E-state index is 0.185. The maximum atomic E-state index is 6.25. The maximum absolute atomic E-state index is 6.25. The number of imidazole rings is 1. The Kier molecular flexibility index (Phi) is 4.05. The van der Waals surface area contributed by atoms with E-state index in [4.69, 9.17) is 11.6 Å². The van der Waals surface area contributed by atoms with E-state index in [0.717, 1.165) is 31.6 Å². The molecule has 2 nitrogen and oxygen atoms in total. The zero-order valence-corrected chi connectivity index (χ0v) is 10.6. The van der Waals surface area contributed by atoms with Crippen LogP contribution < -0.4 is 0 Å². The molecule has 0 saturated heterocycles. The molecule has 1 unspecified atom stereocenters. The van der Waals surface area contributed by atoms with Crippen LogP contribution in [0.3, 0.4) is 0 Å². The summed E-state index contributed by atoms with van der Waals surface area (Å²) in [6.45, 7) is 3.23. The molecule has 0 fully saturated rings. The van der Waals surface area contributed by atoms with Crippen molar-refractivity contribution in [3.05, 3.63) is 24.3 Å². The topological polar surface area (TPSA) is 17.8 Å². The van der Waals surface area contributed by atoms with E-state index in [9.17, 15) is 0 Å². The highest BCUT2D eigenvalue weighted by atomic mass is 35.5. The number of rotatable bonds is 3. The lowest BCUT2D eigenvalue weighted by Gasteiger charge is -2.09. The van der Waals surface area contributed by atoms with Crippen molar-refractivity contribution in [2.45, 2.75) is 50.9 Å². The second-order valence-electron chi connectivity index (χ2n) is 4.40. The number of hydrogen-bond acceptors (Lipinski definition) is 1. The molecule has 0 spiro atoms. The van der Waals surface area contributed by atoms with Crippen molar-refractivity contribution in [2.75, 3.05) is 0 Å². The second kappa shape index (κ2) is 5.53. The van der Waals surface area contributed by atoms with Crippen LogP contribution in [-0.4, -0.2) is 14.9 Å². The number of aromatic nitrogens is 2. The van der Waals surface area contributed by atoms with Crippen molar-refractivity contribution in [1.82, 2.24) is 9.55 Å².